The van der Waals surface area contributed by atoms with Gasteiger partial charge in [0.15, 0.2) is 0 Å². The monoisotopic (exact) mass is 260 g/mol. The molecule has 1 aliphatic rings. The van der Waals surface area contributed by atoms with Crippen molar-refractivity contribution in [3.8, 4) is 0 Å². The van der Waals surface area contributed by atoms with E-state index in [1.54, 1.807) is 0 Å². The van der Waals surface area contributed by atoms with Gasteiger partial charge in [-0.1, -0.05) is 45.4 Å². The smallest absolute Gasteiger partial charge is 0.338 e. The summed E-state index contributed by atoms with van der Waals surface area (Å²) in [6.45, 7) is 6.70. The lowest BCUT2D eigenvalue weighted by molar-refractivity contribution is -0.0174. The van der Waals surface area contributed by atoms with Crippen molar-refractivity contribution in [1.82, 2.24) is 0 Å². The summed E-state index contributed by atoms with van der Waals surface area (Å²) in [4.78, 5) is 12.2. The maximum Gasteiger partial charge on any atom is 0.338 e. The Balaban J connectivity index is 2.04. The summed E-state index contributed by atoms with van der Waals surface area (Å²) in [6.07, 6.45) is 3.51. The van der Waals surface area contributed by atoms with E-state index in [-0.39, 0.29) is 12.1 Å². The molecular weight excluding hydrogens is 236 g/mol. The standard InChI is InChI=1S/C17H24O2/c1-12(2)15-10-9-13(3)11-16(15)19-17(18)14-7-5-4-6-8-14/h4-8,12-13,15-16H,9-11H2,1-3H3/t13-,15+,16?/m1/s1. The van der Waals surface area contributed by atoms with Crippen molar-refractivity contribution < 1.29 is 9.53 Å². The molecule has 2 heteroatoms. The van der Waals surface area contributed by atoms with Gasteiger partial charge in [0, 0.05) is 0 Å². The molecule has 0 heterocycles. The molecule has 1 aromatic rings. The zero-order chi connectivity index (χ0) is 13.8. The van der Waals surface area contributed by atoms with Crippen molar-refractivity contribution in [2.24, 2.45) is 17.8 Å². The third-order valence-electron chi connectivity index (χ3n) is 4.23. The number of hydrogen-bond acceptors (Lipinski definition) is 2. The van der Waals surface area contributed by atoms with Crippen molar-refractivity contribution in [1.29, 1.82) is 0 Å². The molecule has 0 N–H and O–H groups in total. The van der Waals surface area contributed by atoms with Crippen LogP contribution in [0.15, 0.2) is 30.3 Å². The number of hydrogen-bond donors (Lipinski definition) is 0. The molecule has 0 aromatic heterocycles. The molecule has 1 fully saturated rings. The van der Waals surface area contributed by atoms with E-state index in [4.69, 9.17) is 4.74 Å². The third-order valence-corrected chi connectivity index (χ3v) is 4.23. The lowest BCUT2D eigenvalue weighted by Crippen LogP contribution is -2.35. The second-order valence-corrected chi connectivity index (χ2v) is 6.14. The Kier molecular flexibility index (Phi) is 4.62. The van der Waals surface area contributed by atoms with Crippen LogP contribution in [-0.2, 0) is 4.74 Å². The van der Waals surface area contributed by atoms with E-state index in [1.807, 2.05) is 30.3 Å². The lowest BCUT2D eigenvalue weighted by atomic mass is 9.75. The lowest BCUT2D eigenvalue weighted by Gasteiger charge is -2.36. The van der Waals surface area contributed by atoms with Gasteiger partial charge >= 0.3 is 5.97 Å². The molecule has 1 saturated carbocycles. The molecule has 104 valence electrons. The maximum absolute atomic E-state index is 12.2. The summed E-state index contributed by atoms with van der Waals surface area (Å²) in [5.41, 5.74) is 0.656. The molecule has 0 bridgehead atoms. The molecule has 0 aliphatic heterocycles. The molecule has 0 spiro atoms. The van der Waals surface area contributed by atoms with Crippen LogP contribution in [0, 0.1) is 17.8 Å². The molecule has 1 aromatic carbocycles. The summed E-state index contributed by atoms with van der Waals surface area (Å²) in [5.74, 6) is 1.55. The van der Waals surface area contributed by atoms with Gasteiger partial charge in [-0.25, -0.2) is 4.79 Å². The van der Waals surface area contributed by atoms with Crippen LogP contribution in [0.4, 0.5) is 0 Å². The van der Waals surface area contributed by atoms with Gasteiger partial charge in [-0.15, -0.1) is 0 Å². The van der Waals surface area contributed by atoms with Crippen LogP contribution in [0.3, 0.4) is 0 Å². The van der Waals surface area contributed by atoms with E-state index in [1.165, 1.54) is 12.8 Å². The quantitative estimate of drug-likeness (QED) is 0.757. The molecule has 19 heavy (non-hydrogen) atoms. The number of ether oxygens (including phenoxy) is 1. The van der Waals surface area contributed by atoms with E-state index in [9.17, 15) is 4.79 Å². The van der Waals surface area contributed by atoms with Crippen molar-refractivity contribution in [2.75, 3.05) is 0 Å². The Morgan fingerprint density at radius 1 is 1.21 bits per heavy atom. The van der Waals surface area contributed by atoms with Gasteiger partial charge in [0.25, 0.3) is 0 Å². The second kappa shape index (κ2) is 6.23. The van der Waals surface area contributed by atoms with Crippen LogP contribution < -0.4 is 0 Å². The Bertz CT molecular complexity index is 411. The van der Waals surface area contributed by atoms with E-state index in [0.29, 0.717) is 23.3 Å². The van der Waals surface area contributed by atoms with Gasteiger partial charge in [0.1, 0.15) is 6.10 Å². The molecule has 2 nitrogen and oxygen atoms in total. The molecular formula is C17H24O2. The second-order valence-electron chi connectivity index (χ2n) is 6.14. The average Bonchev–Trinajstić information content (AvgIpc) is 2.39. The largest absolute Gasteiger partial charge is 0.458 e. The number of carbonyl (C=O) groups is 1. The summed E-state index contributed by atoms with van der Waals surface area (Å²) < 4.78 is 5.78. The Morgan fingerprint density at radius 3 is 2.53 bits per heavy atom. The SMILES string of the molecule is CC(C)[C@@H]1CC[C@@H](C)CC1OC(=O)c1ccccc1. The van der Waals surface area contributed by atoms with Crippen molar-refractivity contribution in [3.63, 3.8) is 0 Å². The normalized spacial score (nSPS) is 27.3. The van der Waals surface area contributed by atoms with Crippen LogP contribution in [-0.4, -0.2) is 12.1 Å². The molecule has 3 atom stereocenters. The van der Waals surface area contributed by atoms with Crippen molar-refractivity contribution in [3.05, 3.63) is 35.9 Å². The fourth-order valence-corrected chi connectivity index (χ4v) is 3.03. The highest BCUT2D eigenvalue weighted by atomic mass is 16.5. The first-order chi connectivity index (χ1) is 9.08. The van der Waals surface area contributed by atoms with Crippen molar-refractivity contribution >= 4 is 5.97 Å². The zero-order valence-corrected chi connectivity index (χ0v) is 12.1. The predicted octanol–water partition coefficient (Wildman–Crippen LogP) is 4.30. The molecule has 1 aliphatic carbocycles. The number of benzene rings is 1. The van der Waals surface area contributed by atoms with Crippen LogP contribution in [0.2, 0.25) is 0 Å². The Labute approximate surface area is 116 Å². The first-order valence-corrected chi connectivity index (χ1v) is 7.34. The molecule has 0 radical (unpaired) electrons. The van der Waals surface area contributed by atoms with Gasteiger partial charge in [0.05, 0.1) is 5.56 Å². The maximum atomic E-state index is 12.2. The first-order valence-electron chi connectivity index (χ1n) is 7.34. The predicted molar refractivity (Wildman–Crippen MR) is 77.0 cm³/mol. The molecule has 1 unspecified atom stereocenters. The van der Waals surface area contributed by atoms with Crippen LogP contribution in [0.25, 0.3) is 0 Å². The molecule has 0 saturated heterocycles. The minimum atomic E-state index is -0.176. The van der Waals surface area contributed by atoms with Gasteiger partial charge < -0.3 is 4.74 Å². The Hall–Kier alpha value is -1.31. The highest BCUT2D eigenvalue weighted by Crippen LogP contribution is 2.35. The van der Waals surface area contributed by atoms with Gasteiger partial charge in [-0.3, -0.25) is 0 Å². The van der Waals surface area contributed by atoms with E-state index in [0.717, 1.165) is 6.42 Å². The van der Waals surface area contributed by atoms with Crippen LogP contribution >= 0.6 is 0 Å². The van der Waals surface area contributed by atoms with Crippen LogP contribution in [0.5, 0.6) is 0 Å². The molecule has 2 rings (SSSR count). The fraction of sp³-hybridized carbons (Fsp3) is 0.588. The van der Waals surface area contributed by atoms with Gasteiger partial charge in [-0.2, -0.15) is 0 Å². The highest BCUT2D eigenvalue weighted by Gasteiger charge is 2.33. The Morgan fingerprint density at radius 2 is 1.89 bits per heavy atom. The van der Waals surface area contributed by atoms with Crippen LogP contribution in [0.1, 0.15) is 50.4 Å². The highest BCUT2D eigenvalue weighted by molar-refractivity contribution is 5.89. The summed E-state index contributed by atoms with van der Waals surface area (Å²) in [5, 5.41) is 0. The summed E-state index contributed by atoms with van der Waals surface area (Å²) in [7, 11) is 0. The van der Waals surface area contributed by atoms with Crippen molar-refractivity contribution in [2.45, 2.75) is 46.1 Å². The van der Waals surface area contributed by atoms with E-state index < -0.39 is 0 Å². The number of esters is 1. The number of carbonyl (C=O) groups excluding carboxylic acids is 1. The number of rotatable bonds is 3. The fourth-order valence-electron chi connectivity index (χ4n) is 3.03. The van der Waals surface area contributed by atoms with Gasteiger partial charge in [0.2, 0.25) is 0 Å². The third kappa shape index (κ3) is 3.59. The summed E-state index contributed by atoms with van der Waals surface area (Å²) >= 11 is 0. The zero-order valence-electron chi connectivity index (χ0n) is 12.1. The molecule has 0 amide bonds. The first kappa shape index (κ1) is 14.1. The minimum absolute atomic E-state index is 0.0801. The topological polar surface area (TPSA) is 26.3 Å². The van der Waals surface area contributed by atoms with E-state index in [2.05, 4.69) is 20.8 Å². The van der Waals surface area contributed by atoms with Gasteiger partial charge in [-0.05, 0) is 42.7 Å². The minimum Gasteiger partial charge on any atom is -0.458 e. The van der Waals surface area contributed by atoms with E-state index >= 15 is 0 Å². The summed E-state index contributed by atoms with van der Waals surface area (Å²) in [6, 6.07) is 9.30. The average molecular weight is 260 g/mol.